The van der Waals surface area contributed by atoms with Crippen molar-refractivity contribution >= 4 is 34.4 Å². The molecule has 7 rings (SSSR count). The third-order valence-corrected chi connectivity index (χ3v) is 8.83. The molecule has 0 saturated carbocycles. The number of H-pyrrole nitrogens is 1. The highest BCUT2D eigenvalue weighted by Crippen LogP contribution is 2.35. The maximum atomic E-state index is 13.6. The number of hydrogen-bond acceptors (Lipinski definition) is 8. The Bertz CT molecular complexity index is 1770. The first-order valence-electron chi connectivity index (χ1n) is 14.3. The van der Waals surface area contributed by atoms with E-state index in [0.717, 1.165) is 46.7 Å². The number of carbonyl (C=O) groups excluding carboxylic acids is 2. The van der Waals surface area contributed by atoms with Crippen LogP contribution in [0, 0.1) is 30.5 Å². The molecule has 0 radical (unpaired) electrons. The minimum Gasteiger partial charge on any atom is -0.335 e. The van der Waals surface area contributed by atoms with E-state index >= 15 is 0 Å². The van der Waals surface area contributed by atoms with Crippen LogP contribution in [0.3, 0.4) is 0 Å². The summed E-state index contributed by atoms with van der Waals surface area (Å²) in [5.74, 6) is 2.52. The number of aryl methyl sites for hydroxylation is 1. The molecule has 3 saturated heterocycles. The predicted molar refractivity (Wildman–Crippen MR) is 158 cm³/mol. The molecule has 11 nitrogen and oxygen atoms in total. The molecule has 218 valence electrons. The van der Waals surface area contributed by atoms with Gasteiger partial charge in [-0.3, -0.25) is 24.6 Å². The van der Waals surface area contributed by atoms with Crippen molar-refractivity contribution in [3.05, 3.63) is 60.4 Å². The lowest BCUT2D eigenvalue weighted by molar-refractivity contribution is -0.133. The highest BCUT2D eigenvalue weighted by molar-refractivity contribution is 6.01. The first-order chi connectivity index (χ1) is 20.8. The Balaban J connectivity index is 0.994. The lowest BCUT2D eigenvalue weighted by Crippen LogP contribution is -2.51. The zero-order valence-electron chi connectivity index (χ0n) is 23.6. The number of fused-ring (bicyclic) bond motifs is 3. The molecule has 12 heteroatoms. The number of terminal acetylenes is 1. The average molecular weight is 580 g/mol. The first kappa shape index (κ1) is 27.0. The van der Waals surface area contributed by atoms with Crippen molar-refractivity contribution in [2.75, 3.05) is 42.9 Å². The molecule has 0 aliphatic carbocycles. The molecule has 2 N–H and O–H groups in total. The molecule has 3 unspecified atom stereocenters. The number of carbonyl (C=O) groups is 2. The Morgan fingerprint density at radius 2 is 2.00 bits per heavy atom. The molecule has 3 aromatic heterocycles. The number of pyridine rings is 1. The van der Waals surface area contributed by atoms with Crippen LogP contribution in [0.5, 0.6) is 0 Å². The minimum absolute atomic E-state index is 0.0182. The number of hydrogen-bond donors (Lipinski definition) is 2. The molecule has 43 heavy (non-hydrogen) atoms. The third-order valence-electron chi connectivity index (χ3n) is 8.83. The average Bonchev–Trinajstić information content (AvgIpc) is 3.80. The van der Waals surface area contributed by atoms with Crippen molar-refractivity contribution in [3.63, 3.8) is 0 Å². The van der Waals surface area contributed by atoms with Crippen LogP contribution in [-0.2, 0) is 9.59 Å². The van der Waals surface area contributed by atoms with Crippen LogP contribution < -0.4 is 10.2 Å². The van der Waals surface area contributed by atoms with Gasteiger partial charge in [0.15, 0.2) is 5.82 Å². The molecule has 1 aromatic carbocycles. The molecular weight excluding hydrogens is 549 g/mol. The van der Waals surface area contributed by atoms with Crippen molar-refractivity contribution in [3.8, 4) is 23.6 Å². The number of aromatic amines is 1. The van der Waals surface area contributed by atoms with Crippen molar-refractivity contribution in [1.29, 1.82) is 0 Å². The van der Waals surface area contributed by atoms with Crippen LogP contribution in [0.2, 0.25) is 0 Å². The SMILES string of the molecule is C#CC1(C(=O)Nc2ccc3[nH]nc(-c4ccnc(C)c4)c3c2)CCN(CC(=O)N2CC3CC2CN3c2ncc(F)cn2)C1. The van der Waals surface area contributed by atoms with Gasteiger partial charge in [0.25, 0.3) is 0 Å². The van der Waals surface area contributed by atoms with Crippen LogP contribution in [0.25, 0.3) is 22.2 Å². The lowest BCUT2D eigenvalue weighted by atomic mass is 9.87. The Hall–Kier alpha value is -4.89. The summed E-state index contributed by atoms with van der Waals surface area (Å²) in [6.45, 7) is 4.15. The van der Waals surface area contributed by atoms with Gasteiger partial charge in [-0.05, 0) is 50.1 Å². The van der Waals surface area contributed by atoms with Crippen LogP contribution in [0.4, 0.5) is 16.0 Å². The molecule has 2 amide bonds. The summed E-state index contributed by atoms with van der Waals surface area (Å²) in [6.07, 6.45) is 11.3. The lowest BCUT2D eigenvalue weighted by Gasteiger charge is -2.35. The zero-order chi connectivity index (χ0) is 29.7. The summed E-state index contributed by atoms with van der Waals surface area (Å²) in [6, 6.07) is 9.61. The van der Waals surface area contributed by atoms with E-state index in [0.29, 0.717) is 44.2 Å². The van der Waals surface area contributed by atoms with Gasteiger partial charge >= 0.3 is 0 Å². The van der Waals surface area contributed by atoms with Gasteiger partial charge in [-0.25, -0.2) is 14.4 Å². The second-order valence-electron chi connectivity index (χ2n) is 11.6. The van der Waals surface area contributed by atoms with Gasteiger partial charge in [0.05, 0.1) is 36.5 Å². The highest BCUT2D eigenvalue weighted by atomic mass is 19.1. The fourth-order valence-corrected chi connectivity index (χ4v) is 6.60. The standard InChI is InChI=1S/C31H30FN9O2/c1-3-31(29(43)36-22-4-5-26-25(11-22)28(38-37-26)20-6-8-33-19(2)10-20)7-9-39(18-31)17-27(42)40-15-24-12-23(40)16-41(24)30-34-13-21(32)14-35-30/h1,4-6,8,10-11,13-14,23-24H,7,9,12,15-18H2,2H3,(H,36,43)(H,37,38). The van der Waals surface area contributed by atoms with Gasteiger partial charge < -0.3 is 15.1 Å². The maximum absolute atomic E-state index is 13.6. The van der Waals surface area contributed by atoms with Gasteiger partial charge in [-0.1, -0.05) is 5.92 Å². The second kappa shape index (κ2) is 10.4. The Labute approximate surface area is 247 Å². The molecular formula is C31H30FN9O2. The topological polar surface area (TPSA) is 123 Å². The van der Waals surface area contributed by atoms with E-state index in [2.05, 4.69) is 36.4 Å². The molecule has 6 heterocycles. The largest absolute Gasteiger partial charge is 0.335 e. The number of rotatable bonds is 6. The number of likely N-dealkylation sites (tertiary alicyclic amines) is 2. The third kappa shape index (κ3) is 4.85. The Kier molecular flexibility index (Phi) is 6.54. The van der Waals surface area contributed by atoms with Crippen molar-refractivity contribution in [1.82, 2.24) is 34.9 Å². The summed E-state index contributed by atoms with van der Waals surface area (Å²) in [5, 5.41) is 11.4. The molecule has 3 aliphatic heterocycles. The van der Waals surface area contributed by atoms with E-state index in [1.807, 2.05) is 52.0 Å². The molecule has 3 aliphatic rings. The predicted octanol–water partition coefficient (Wildman–Crippen LogP) is 2.62. The van der Waals surface area contributed by atoms with E-state index < -0.39 is 11.2 Å². The fourth-order valence-electron chi connectivity index (χ4n) is 6.60. The van der Waals surface area contributed by atoms with E-state index in [9.17, 15) is 14.0 Å². The van der Waals surface area contributed by atoms with E-state index in [1.54, 1.807) is 6.20 Å². The van der Waals surface area contributed by atoms with Crippen LogP contribution >= 0.6 is 0 Å². The summed E-state index contributed by atoms with van der Waals surface area (Å²) in [4.78, 5) is 45.3. The van der Waals surface area contributed by atoms with Gasteiger partial charge in [-0.2, -0.15) is 5.10 Å². The Morgan fingerprint density at radius 3 is 2.74 bits per heavy atom. The second-order valence-corrected chi connectivity index (χ2v) is 11.6. The van der Waals surface area contributed by atoms with Crippen LogP contribution in [0.15, 0.2) is 48.9 Å². The van der Waals surface area contributed by atoms with Crippen molar-refractivity contribution < 1.29 is 14.0 Å². The number of halogens is 1. The maximum Gasteiger partial charge on any atom is 0.244 e. The van der Waals surface area contributed by atoms with E-state index in [-0.39, 0.29) is 30.4 Å². The minimum atomic E-state index is -1.04. The zero-order valence-corrected chi connectivity index (χ0v) is 23.6. The number of aromatic nitrogens is 5. The number of anilines is 2. The molecule has 4 aromatic rings. The van der Waals surface area contributed by atoms with Crippen molar-refractivity contribution in [2.24, 2.45) is 5.41 Å². The van der Waals surface area contributed by atoms with Crippen molar-refractivity contribution in [2.45, 2.75) is 31.8 Å². The van der Waals surface area contributed by atoms with Gasteiger partial charge in [-0.15, -0.1) is 6.42 Å². The number of nitrogens with zero attached hydrogens (tertiary/aromatic N) is 7. The summed E-state index contributed by atoms with van der Waals surface area (Å²) >= 11 is 0. The van der Waals surface area contributed by atoms with Gasteiger partial charge in [0.1, 0.15) is 11.1 Å². The quantitative estimate of drug-likeness (QED) is 0.334. The highest BCUT2D eigenvalue weighted by Gasteiger charge is 2.48. The molecule has 0 spiro atoms. The smallest absolute Gasteiger partial charge is 0.244 e. The first-order valence-corrected chi connectivity index (χ1v) is 14.3. The molecule has 3 atom stereocenters. The molecule has 3 fully saturated rings. The number of nitrogens with one attached hydrogen (secondary N) is 2. The molecule has 2 bridgehead atoms. The monoisotopic (exact) mass is 579 g/mol. The summed E-state index contributed by atoms with van der Waals surface area (Å²) in [7, 11) is 0. The number of piperazine rings is 1. The normalized spacial score (nSPS) is 23.2. The number of amides is 2. The summed E-state index contributed by atoms with van der Waals surface area (Å²) < 4.78 is 13.2. The fraction of sp³-hybridized carbons (Fsp3) is 0.355. The number of benzene rings is 1. The van der Waals surface area contributed by atoms with E-state index in [4.69, 9.17) is 6.42 Å². The van der Waals surface area contributed by atoms with Crippen LogP contribution in [-0.4, -0.2) is 91.6 Å². The summed E-state index contributed by atoms with van der Waals surface area (Å²) in [5.41, 5.74) is 3.02. The van der Waals surface area contributed by atoms with Gasteiger partial charge in [0.2, 0.25) is 17.8 Å². The van der Waals surface area contributed by atoms with E-state index in [1.165, 1.54) is 0 Å². The Morgan fingerprint density at radius 1 is 1.16 bits per heavy atom. The van der Waals surface area contributed by atoms with Crippen LogP contribution in [0.1, 0.15) is 18.5 Å². The van der Waals surface area contributed by atoms with Gasteiger partial charge in [0, 0.05) is 54.7 Å².